The molecular formula is C23H19NO3. The van der Waals surface area contributed by atoms with Gasteiger partial charge >= 0.3 is 0 Å². The van der Waals surface area contributed by atoms with Gasteiger partial charge < -0.3 is 10.4 Å². The van der Waals surface area contributed by atoms with Crippen molar-refractivity contribution in [2.24, 2.45) is 0 Å². The maximum atomic E-state index is 13.1. The average molecular weight is 357 g/mol. The van der Waals surface area contributed by atoms with Crippen molar-refractivity contribution < 1.29 is 14.7 Å². The van der Waals surface area contributed by atoms with Gasteiger partial charge in [-0.2, -0.15) is 0 Å². The fourth-order valence-electron chi connectivity index (χ4n) is 3.45. The van der Waals surface area contributed by atoms with Crippen molar-refractivity contribution in [3.05, 3.63) is 94.0 Å². The van der Waals surface area contributed by atoms with Crippen LogP contribution in [0.5, 0.6) is 0 Å². The average Bonchev–Trinajstić information content (AvgIpc) is 2.67. The largest absolute Gasteiger partial charge is 0.396 e. The first-order valence-corrected chi connectivity index (χ1v) is 8.88. The Morgan fingerprint density at radius 3 is 2.37 bits per heavy atom. The van der Waals surface area contributed by atoms with Gasteiger partial charge in [-0.05, 0) is 43.2 Å². The second-order valence-electron chi connectivity index (χ2n) is 6.73. The van der Waals surface area contributed by atoms with Crippen LogP contribution in [0.25, 0.3) is 0 Å². The van der Waals surface area contributed by atoms with Gasteiger partial charge in [-0.25, -0.2) is 0 Å². The molecular weight excluding hydrogens is 338 g/mol. The third-order valence-electron chi connectivity index (χ3n) is 4.83. The highest BCUT2D eigenvalue weighted by Crippen LogP contribution is 2.33. The van der Waals surface area contributed by atoms with Crippen LogP contribution in [0.15, 0.2) is 60.7 Å². The summed E-state index contributed by atoms with van der Waals surface area (Å²) in [5.74, 6) is -0.259. The number of ketones is 2. The van der Waals surface area contributed by atoms with E-state index < -0.39 is 0 Å². The van der Waals surface area contributed by atoms with Crippen LogP contribution in [0.3, 0.4) is 0 Å². The van der Waals surface area contributed by atoms with Crippen molar-refractivity contribution in [2.45, 2.75) is 13.3 Å². The molecule has 0 bridgehead atoms. The molecule has 0 atom stereocenters. The Kier molecular flexibility index (Phi) is 4.34. The van der Waals surface area contributed by atoms with Crippen LogP contribution in [0.2, 0.25) is 0 Å². The monoisotopic (exact) mass is 357 g/mol. The Balaban J connectivity index is 1.74. The zero-order chi connectivity index (χ0) is 19.0. The lowest BCUT2D eigenvalue weighted by molar-refractivity contribution is 0.0979. The maximum Gasteiger partial charge on any atom is 0.196 e. The summed E-state index contributed by atoms with van der Waals surface area (Å²) in [4.78, 5) is 26.0. The van der Waals surface area contributed by atoms with Gasteiger partial charge in [-0.1, -0.05) is 42.0 Å². The molecule has 27 heavy (non-hydrogen) atoms. The SMILES string of the molecule is Cc1ccc2c(c1)C(=O)c1cccc(Nc3ccc(CCO)cc3)c1C2=O. The molecule has 0 saturated carbocycles. The summed E-state index contributed by atoms with van der Waals surface area (Å²) >= 11 is 0. The molecule has 4 rings (SSSR count). The fourth-order valence-corrected chi connectivity index (χ4v) is 3.45. The van der Waals surface area contributed by atoms with Gasteiger partial charge in [0, 0.05) is 29.0 Å². The summed E-state index contributed by atoms with van der Waals surface area (Å²) in [5, 5.41) is 12.3. The number of aliphatic hydroxyl groups is 1. The van der Waals surface area contributed by atoms with Gasteiger partial charge in [0.1, 0.15) is 0 Å². The van der Waals surface area contributed by atoms with E-state index in [9.17, 15) is 9.59 Å². The van der Waals surface area contributed by atoms with E-state index in [1.54, 1.807) is 24.3 Å². The maximum absolute atomic E-state index is 13.1. The lowest BCUT2D eigenvalue weighted by atomic mass is 9.82. The summed E-state index contributed by atoms with van der Waals surface area (Å²) in [5.41, 5.74) is 5.19. The molecule has 4 nitrogen and oxygen atoms in total. The van der Waals surface area contributed by atoms with Crippen LogP contribution in [-0.2, 0) is 6.42 Å². The molecule has 0 radical (unpaired) electrons. The van der Waals surface area contributed by atoms with Crippen molar-refractivity contribution in [3.63, 3.8) is 0 Å². The minimum absolute atomic E-state index is 0.106. The quantitative estimate of drug-likeness (QED) is 0.578. The van der Waals surface area contributed by atoms with Crippen molar-refractivity contribution in [2.75, 3.05) is 11.9 Å². The lowest BCUT2D eigenvalue weighted by Gasteiger charge is -2.21. The predicted molar refractivity (Wildman–Crippen MR) is 105 cm³/mol. The summed E-state index contributed by atoms with van der Waals surface area (Å²) < 4.78 is 0. The molecule has 1 aliphatic carbocycles. The first kappa shape index (κ1) is 17.2. The zero-order valence-corrected chi connectivity index (χ0v) is 15.0. The molecule has 2 N–H and O–H groups in total. The number of anilines is 2. The van der Waals surface area contributed by atoms with Crippen molar-refractivity contribution in [3.8, 4) is 0 Å². The minimum atomic E-state index is -0.139. The number of benzene rings is 3. The van der Waals surface area contributed by atoms with E-state index in [-0.39, 0.29) is 18.2 Å². The molecule has 1 aliphatic rings. The summed E-state index contributed by atoms with van der Waals surface area (Å²) in [7, 11) is 0. The first-order chi connectivity index (χ1) is 13.1. The van der Waals surface area contributed by atoms with Crippen LogP contribution < -0.4 is 5.32 Å². The summed E-state index contributed by atoms with van der Waals surface area (Å²) in [6, 6.07) is 18.3. The van der Waals surface area contributed by atoms with Gasteiger partial charge in [0.05, 0.1) is 11.3 Å². The van der Waals surface area contributed by atoms with Crippen LogP contribution in [0, 0.1) is 6.92 Å². The van der Waals surface area contributed by atoms with E-state index in [0.29, 0.717) is 34.4 Å². The van der Waals surface area contributed by atoms with Crippen LogP contribution in [-0.4, -0.2) is 23.3 Å². The molecule has 3 aromatic rings. The standard InChI is InChI=1S/C23H19NO3/c1-14-5-10-17-19(13-14)22(26)18-3-2-4-20(21(18)23(17)27)24-16-8-6-15(7-9-16)11-12-25/h2-10,13,24-25H,11-12H2,1H3. The van der Waals surface area contributed by atoms with Crippen molar-refractivity contribution in [1.29, 1.82) is 0 Å². The number of hydrogen-bond acceptors (Lipinski definition) is 4. The van der Waals surface area contributed by atoms with Gasteiger partial charge in [-0.15, -0.1) is 0 Å². The van der Waals surface area contributed by atoms with Gasteiger partial charge in [0.2, 0.25) is 0 Å². The van der Waals surface area contributed by atoms with Gasteiger partial charge in [0.15, 0.2) is 11.6 Å². The Hall–Kier alpha value is -3.24. The molecule has 134 valence electrons. The van der Waals surface area contributed by atoms with Gasteiger partial charge in [0.25, 0.3) is 0 Å². The summed E-state index contributed by atoms with van der Waals surface area (Å²) in [6.07, 6.45) is 0.601. The molecule has 3 aromatic carbocycles. The van der Waals surface area contributed by atoms with Crippen LogP contribution in [0.4, 0.5) is 11.4 Å². The molecule has 0 saturated heterocycles. The number of rotatable bonds is 4. The van der Waals surface area contributed by atoms with E-state index in [4.69, 9.17) is 5.11 Å². The smallest absolute Gasteiger partial charge is 0.196 e. The highest BCUT2D eigenvalue weighted by molar-refractivity contribution is 6.30. The normalized spacial score (nSPS) is 12.5. The molecule has 0 aliphatic heterocycles. The number of fused-ring (bicyclic) bond motifs is 2. The number of aliphatic hydroxyl groups excluding tert-OH is 1. The molecule has 0 unspecified atom stereocenters. The van der Waals surface area contributed by atoms with E-state index in [2.05, 4.69) is 5.32 Å². The Morgan fingerprint density at radius 2 is 1.63 bits per heavy atom. The van der Waals surface area contributed by atoms with E-state index in [1.165, 1.54) is 0 Å². The number of carbonyl (C=O) groups excluding carboxylic acids is 2. The molecule has 0 amide bonds. The van der Waals surface area contributed by atoms with Crippen LogP contribution in [0.1, 0.15) is 43.0 Å². The molecule has 0 spiro atoms. The van der Waals surface area contributed by atoms with Gasteiger partial charge in [-0.3, -0.25) is 9.59 Å². The Morgan fingerprint density at radius 1 is 0.852 bits per heavy atom. The Labute approximate surface area is 157 Å². The number of aryl methyl sites for hydroxylation is 1. The topological polar surface area (TPSA) is 66.4 Å². The third-order valence-corrected chi connectivity index (χ3v) is 4.83. The minimum Gasteiger partial charge on any atom is -0.396 e. The number of nitrogens with one attached hydrogen (secondary N) is 1. The fraction of sp³-hybridized carbons (Fsp3) is 0.130. The number of carbonyl (C=O) groups is 2. The van der Waals surface area contributed by atoms with Crippen LogP contribution >= 0.6 is 0 Å². The summed E-state index contributed by atoms with van der Waals surface area (Å²) in [6.45, 7) is 2.01. The van der Waals surface area contributed by atoms with Crippen molar-refractivity contribution >= 4 is 22.9 Å². The first-order valence-electron chi connectivity index (χ1n) is 8.88. The van der Waals surface area contributed by atoms with E-state index in [0.717, 1.165) is 16.8 Å². The molecule has 0 fully saturated rings. The lowest BCUT2D eigenvalue weighted by Crippen LogP contribution is -2.22. The number of hydrogen-bond donors (Lipinski definition) is 2. The highest BCUT2D eigenvalue weighted by Gasteiger charge is 2.31. The second-order valence-corrected chi connectivity index (χ2v) is 6.73. The third kappa shape index (κ3) is 3.04. The van der Waals surface area contributed by atoms with E-state index >= 15 is 0 Å². The predicted octanol–water partition coefficient (Wildman–Crippen LogP) is 4.05. The van der Waals surface area contributed by atoms with E-state index in [1.807, 2.05) is 43.3 Å². The zero-order valence-electron chi connectivity index (χ0n) is 15.0. The molecule has 0 heterocycles. The Bertz CT molecular complexity index is 1050. The highest BCUT2D eigenvalue weighted by atomic mass is 16.3. The molecule has 0 aromatic heterocycles. The van der Waals surface area contributed by atoms with Crippen molar-refractivity contribution in [1.82, 2.24) is 0 Å². The molecule has 4 heteroatoms. The second kappa shape index (κ2) is 6.82.